The summed E-state index contributed by atoms with van der Waals surface area (Å²) in [5, 5.41) is 0. The quantitative estimate of drug-likeness (QED) is 0.723. The molecule has 2 heteroatoms. The van der Waals surface area contributed by atoms with Gasteiger partial charge in [0.2, 0.25) is 0 Å². The van der Waals surface area contributed by atoms with Crippen LogP contribution in [0.1, 0.15) is 22.8 Å². The van der Waals surface area contributed by atoms with E-state index in [-0.39, 0.29) is 11.6 Å². The van der Waals surface area contributed by atoms with Gasteiger partial charge in [-0.25, -0.2) is 0 Å². The van der Waals surface area contributed by atoms with Gasteiger partial charge in [0.05, 0.1) is 0 Å². The Morgan fingerprint density at radius 1 is 0.842 bits per heavy atom. The van der Waals surface area contributed by atoms with Crippen LogP contribution in [0.5, 0.6) is 0 Å². The fourth-order valence-corrected chi connectivity index (χ4v) is 2.48. The van der Waals surface area contributed by atoms with Gasteiger partial charge in [-0.05, 0) is 29.7 Å². The molecule has 0 fully saturated rings. The molecule has 0 N–H and O–H groups in total. The maximum atomic E-state index is 12.5. The predicted molar refractivity (Wildman–Crippen MR) is 74.9 cm³/mol. The first-order valence-electron chi connectivity index (χ1n) is 6.14. The third kappa shape index (κ3) is 1.82. The van der Waals surface area contributed by atoms with Crippen molar-refractivity contribution in [2.45, 2.75) is 6.92 Å². The summed E-state index contributed by atoms with van der Waals surface area (Å²) in [5.74, 6) is -0.193. The van der Waals surface area contributed by atoms with Crippen LogP contribution in [-0.4, -0.2) is 11.6 Å². The second kappa shape index (κ2) is 4.32. The van der Waals surface area contributed by atoms with Crippen LogP contribution in [0.3, 0.4) is 0 Å². The van der Waals surface area contributed by atoms with Crippen LogP contribution in [0, 0.1) is 0 Å². The molecule has 19 heavy (non-hydrogen) atoms. The van der Waals surface area contributed by atoms with E-state index in [1.165, 1.54) is 13.0 Å². The van der Waals surface area contributed by atoms with Crippen LogP contribution in [0.25, 0.3) is 16.7 Å². The lowest BCUT2D eigenvalue weighted by molar-refractivity contribution is -0.112. The molecule has 92 valence electrons. The van der Waals surface area contributed by atoms with Crippen molar-refractivity contribution in [1.29, 1.82) is 0 Å². The Balaban J connectivity index is 2.36. The number of hydrogen-bond donors (Lipinski definition) is 0. The summed E-state index contributed by atoms with van der Waals surface area (Å²) in [7, 11) is 0. The number of hydrogen-bond acceptors (Lipinski definition) is 2. The Morgan fingerprint density at radius 2 is 1.32 bits per heavy atom. The van der Waals surface area contributed by atoms with Crippen molar-refractivity contribution in [3.05, 3.63) is 65.7 Å². The van der Waals surface area contributed by atoms with Gasteiger partial charge in [-0.2, -0.15) is 0 Å². The fraction of sp³-hybridized carbons (Fsp3) is 0.0588. The smallest absolute Gasteiger partial charge is 0.194 e. The minimum absolute atomic E-state index is 0.0792. The summed E-state index contributed by atoms with van der Waals surface area (Å²) in [5.41, 5.74) is 3.92. The van der Waals surface area contributed by atoms with E-state index in [4.69, 9.17) is 0 Å². The summed E-state index contributed by atoms with van der Waals surface area (Å²) in [4.78, 5) is 23.8. The van der Waals surface area contributed by atoms with E-state index in [1.807, 2.05) is 48.5 Å². The average molecular weight is 248 g/mol. The van der Waals surface area contributed by atoms with E-state index in [9.17, 15) is 9.59 Å². The largest absolute Gasteiger partial charge is 0.295 e. The highest BCUT2D eigenvalue weighted by Gasteiger charge is 2.26. The van der Waals surface area contributed by atoms with Gasteiger partial charge in [0, 0.05) is 11.1 Å². The molecule has 0 aromatic heterocycles. The summed E-state index contributed by atoms with van der Waals surface area (Å²) >= 11 is 0. The average Bonchev–Trinajstić information content (AvgIpc) is 2.43. The van der Waals surface area contributed by atoms with E-state index in [1.54, 1.807) is 0 Å². The summed E-state index contributed by atoms with van der Waals surface area (Å²) in [6.07, 6.45) is 1.43. The number of benzene rings is 2. The Morgan fingerprint density at radius 3 is 1.89 bits per heavy atom. The van der Waals surface area contributed by atoms with Gasteiger partial charge < -0.3 is 0 Å². The Labute approximate surface area is 111 Å². The minimum atomic E-state index is -0.113. The molecule has 2 aromatic rings. The Hall–Kier alpha value is -2.48. The molecule has 0 bridgehead atoms. The molecular weight excluding hydrogens is 236 g/mol. The zero-order chi connectivity index (χ0) is 13.4. The van der Waals surface area contributed by atoms with E-state index < -0.39 is 0 Å². The first-order chi connectivity index (χ1) is 9.18. The summed E-state index contributed by atoms with van der Waals surface area (Å²) < 4.78 is 0. The van der Waals surface area contributed by atoms with E-state index in [0.29, 0.717) is 11.1 Å². The Kier molecular flexibility index (Phi) is 2.64. The summed E-state index contributed by atoms with van der Waals surface area (Å²) in [6, 6.07) is 15.2. The van der Waals surface area contributed by atoms with Crippen molar-refractivity contribution in [2.75, 3.05) is 0 Å². The second-order valence-electron chi connectivity index (χ2n) is 4.59. The van der Waals surface area contributed by atoms with E-state index in [0.717, 1.165) is 16.7 Å². The van der Waals surface area contributed by atoms with Crippen LogP contribution < -0.4 is 0 Å². The maximum Gasteiger partial charge on any atom is 0.194 e. The SMILES string of the molecule is CC(=O)/C=C1/C(=O)c2ccccc2-c2ccccc21. The zero-order valence-corrected chi connectivity index (χ0v) is 10.5. The number of carbonyl (C=O) groups excluding carboxylic acids is 2. The standard InChI is InChI=1S/C17H12O2/c1-11(18)10-16-14-8-3-2-6-12(14)13-7-4-5-9-15(13)17(16)19/h2-10H,1H3/b16-10+. The molecule has 0 unspecified atom stereocenters. The molecule has 0 heterocycles. The fourth-order valence-electron chi connectivity index (χ4n) is 2.48. The number of rotatable bonds is 1. The van der Waals surface area contributed by atoms with Crippen LogP contribution in [0.4, 0.5) is 0 Å². The first kappa shape index (κ1) is 11.6. The number of fused-ring (bicyclic) bond motifs is 3. The van der Waals surface area contributed by atoms with Crippen LogP contribution in [0.15, 0.2) is 54.6 Å². The molecule has 0 saturated heterocycles. The zero-order valence-electron chi connectivity index (χ0n) is 10.5. The molecule has 0 amide bonds. The molecule has 0 radical (unpaired) electrons. The van der Waals surface area contributed by atoms with Gasteiger partial charge in [-0.3, -0.25) is 9.59 Å². The Bertz CT molecular complexity index is 724. The van der Waals surface area contributed by atoms with Crippen molar-refractivity contribution >= 4 is 17.1 Å². The van der Waals surface area contributed by atoms with Gasteiger partial charge in [0.25, 0.3) is 0 Å². The monoisotopic (exact) mass is 248 g/mol. The predicted octanol–water partition coefficient (Wildman–Crippen LogP) is 3.52. The number of ketones is 2. The third-order valence-electron chi connectivity index (χ3n) is 3.27. The van der Waals surface area contributed by atoms with Gasteiger partial charge in [0.1, 0.15) is 0 Å². The van der Waals surface area contributed by atoms with Gasteiger partial charge >= 0.3 is 0 Å². The number of Topliss-reactive ketones (excluding diaryl/α,β-unsaturated/α-hetero) is 1. The molecule has 0 spiro atoms. The van der Waals surface area contributed by atoms with E-state index in [2.05, 4.69) is 0 Å². The normalized spacial score (nSPS) is 15.0. The maximum absolute atomic E-state index is 12.5. The van der Waals surface area contributed by atoms with Crippen LogP contribution in [0.2, 0.25) is 0 Å². The first-order valence-corrected chi connectivity index (χ1v) is 6.14. The van der Waals surface area contributed by atoms with Crippen molar-refractivity contribution in [3.63, 3.8) is 0 Å². The second-order valence-corrected chi connectivity index (χ2v) is 4.59. The number of carbonyl (C=O) groups is 2. The molecule has 0 atom stereocenters. The van der Waals surface area contributed by atoms with Crippen LogP contribution in [-0.2, 0) is 4.79 Å². The van der Waals surface area contributed by atoms with Crippen molar-refractivity contribution in [1.82, 2.24) is 0 Å². The van der Waals surface area contributed by atoms with E-state index >= 15 is 0 Å². The topological polar surface area (TPSA) is 34.1 Å². The third-order valence-corrected chi connectivity index (χ3v) is 3.27. The molecule has 1 aliphatic rings. The van der Waals surface area contributed by atoms with Gasteiger partial charge in [0.15, 0.2) is 11.6 Å². The van der Waals surface area contributed by atoms with Crippen molar-refractivity contribution in [3.8, 4) is 11.1 Å². The number of allylic oxidation sites excluding steroid dienone is 2. The lowest BCUT2D eigenvalue weighted by atomic mass is 9.81. The molecule has 3 rings (SSSR count). The molecule has 0 aliphatic heterocycles. The lowest BCUT2D eigenvalue weighted by Crippen LogP contribution is -2.12. The molecule has 2 aromatic carbocycles. The highest BCUT2D eigenvalue weighted by Crippen LogP contribution is 2.38. The molecular formula is C17H12O2. The minimum Gasteiger partial charge on any atom is -0.295 e. The van der Waals surface area contributed by atoms with Gasteiger partial charge in [-0.1, -0.05) is 48.5 Å². The molecule has 2 nitrogen and oxygen atoms in total. The highest BCUT2D eigenvalue weighted by atomic mass is 16.1. The summed E-state index contributed by atoms with van der Waals surface area (Å²) in [6.45, 7) is 1.46. The molecule has 0 saturated carbocycles. The van der Waals surface area contributed by atoms with Crippen LogP contribution >= 0.6 is 0 Å². The molecule has 1 aliphatic carbocycles. The van der Waals surface area contributed by atoms with Gasteiger partial charge in [-0.15, -0.1) is 0 Å². The van der Waals surface area contributed by atoms with Crippen molar-refractivity contribution < 1.29 is 9.59 Å². The highest BCUT2D eigenvalue weighted by molar-refractivity contribution is 6.36. The lowest BCUT2D eigenvalue weighted by Gasteiger charge is -2.20. The van der Waals surface area contributed by atoms with Crippen molar-refractivity contribution in [2.24, 2.45) is 0 Å².